The molecule has 3 fully saturated rings. The number of fused-ring (bicyclic) bond motifs is 1. The molecule has 8 heteroatoms. The van der Waals surface area contributed by atoms with E-state index in [0.717, 1.165) is 36.8 Å². The molecule has 1 amide bonds. The molecule has 152 valence electrons. The van der Waals surface area contributed by atoms with E-state index in [0.29, 0.717) is 23.2 Å². The summed E-state index contributed by atoms with van der Waals surface area (Å²) >= 11 is 0. The zero-order chi connectivity index (χ0) is 19.7. The summed E-state index contributed by atoms with van der Waals surface area (Å²) in [5.41, 5.74) is 1.70. The smallest absolute Gasteiger partial charge is 0.315 e. The van der Waals surface area contributed by atoms with Crippen LogP contribution in [0.25, 0.3) is 10.9 Å². The average molecular weight is 394 g/mol. The quantitative estimate of drug-likeness (QED) is 0.704. The van der Waals surface area contributed by atoms with Crippen LogP contribution in [0.2, 0.25) is 0 Å². The summed E-state index contributed by atoms with van der Waals surface area (Å²) in [6.07, 6.45) is 9.15. The molecule has 1 saturated heterocycles. The van der Waals surface area contributed by atoms with E-state index in [9.17, 15) is 4.79 Å². The predicted octanol–water partition coefficient (Wildman–Crippen LogP) is 3.32. The van der Waals surface area contributed by atoms with Gasteiger partial charge in [-0.15, -0.1) is 5.10 Å². The number of piperidine rings is 1. The number of amides is 1. The number of hydrogen-bond acceptors (Lipinski definition) is 6. The van der Waals surface area contributed by atoms with Crippen molar-refractivity contribution in [3.05, 3.63) is 36.4 Å². The van der Waals surface area contributed by atoms with Crippen LogP contribution in [0.4, 0.5) is 6.01 Å². The fourth-order valence-electron chi connectivity index (χ4n) is 3.85. The molecule has 6 rings (SSSR count). The molecular weight excluding hydrogens is 368 g/mol. The van der Waals surface area contributed by atoms with Gasteiger partial charge >= 0.3 is 6.01 Å². The van der Waals surface area contributed by atoms with Crippen LogP contribution in [0.3, 0.4) is 0 Å². The van der Waals surface area contributed by atoms with Crippen molar-refractivity contribution >= 4 is 22.8 Å². The van der Waals surface area contributed by atoms with Gasteiger partial charge in [-0.2, -0.15) is 5.10 Å². The SMILES string of the molecule is O=C(CNc1nnc(C2CC2)o1)N1CCC2(CC1)CC2.c1ccc2[nH]ncc2c1. The molecular formula is C21H26N6O2. The molecule has 0 atom stereocenters. The van der Waals surface area contributed by atoms with E-state index in [-0.39, 0.29) is 12.5 Å². The van der Waals surface area contributed by atoms with Crippen LogP contribution in [0.15, 0.2) is 34.9 Å². The van der Waals surface area contributed by atoms with Gasteiger partial charge in [0.2, 0.25) is 11.8 Å². The number of nitrogens with one attached hydrogen (secondary N) is 2. The lowest BCUT2D eigenvalue weighted by atomic mass is 9.94. The first-order valence-electron chi connectivity index (χ1n) is 10.4. The van der Waals surface area contributed by atoms with Crippen LogP contribution in [-0.2, 0) is 4.79 Å². The third-order valence-electron chi connectivity index (χ3n) is 6.24. The fourth-order valence-corrected chi connectivity index (χ4v) is 3.85. The summed E-state index contributed by atoms with van der Waals surface area (Å²) in [5.74, 6) is 1.28. The number of anilines is 1. The van der Waals surface area contributed by atoms with E-state index in [1.54, 1.807) is 0 Å². The minimum Gasteiger partial charge on any atom is -0.408 e. The minimum absolute atomic E-state index is 0.131. The fraction of sp³-hybridized carbons (Fsp3) is 0.524. The Morgan fingerprint density at radius 3 is 2.69 bits per heavy atom. The van der Waals surface area contributed by atoms with Crippen LogP contribution in [0, 0.1) is 5.41 Å². The molecule has 1 spiro atoms. The number of nitrogens with zero attached hydrogens (tertiary/aromatic N) is 4. The molecule has 1 aromatic carbocycles. The zero-order valence-electron chi connectivity index (χ0n) is 16.4. The summed E-state index contributed by atoms with van der Waals surface area (Å²) in [6, 6.07) is 8.38. The van der Waals surface area contributed by atoms with Crippen LogP contribution in [0.5, 0.6) is 0 Å². The molecule has 1 aliphatic heterocycles. The highest BCUT2D eigenvalue weighted by Crippen LogP contribution is 2.53. The van der Waals surface area contributed by atoms with Crippen molar-refractivity contribution in [2.24, 2.45) is 5.41 Å². The Labute approximate surface area is 169 Å². The van der Waals surface area contributed by atoms with Gasteiger partial charge in [0.25, 0.3) is 0 Å². The number of aromatic amines is 1. The van der Waals surface area contributed by atoms with Crippen molar-refractivity contribution in [3.8, 4) is 0 Å². The molecule has 3 heterocycles. The summed E-state index contributed by atoms with van der Waals surface area (Å²) < 4.78 is 5.48. The van der Waals surface area contributed by atoms with Crippen molar-refractivity contribution in [3.63, 3.8) is 0 Å². The highest BCUT2D eigenvalue weighted by Gasteiger charge is 2.45. The maximum absolute atomic E-state index is 12.1. The number of carbonyl (C=O) groups is 1. The Bertz CT molecular complexity index is 948. The third-order valence-corrected chi connectivity index (χ3v) is 6.24. The molecule has 0 radical (unpaired) electrons. The van der Waals surface area contributed by atoms with Gasteiger partial charge in [-0.05, 0) is 50.0 Å². The maximum atomic E-state index is 12.1. The molecule has 3 aliphatic rings. The van der Waals surface area contributed by atoms with Gasteiger partial charge in [-0.1, -0.05) is 23.3 Å². The Morgan fingerprint density at radius 1 is 1.17 bits per heavy atom. The molecule has 0 unspecified atom stereocenters. The maximum Gasteiger partial charge on any atom is 0.315 e. The topological polar surface area (TPSA) is 99.9 Å². The molecule has 2 N–H and O–H groups in total. The predicted molar refractivity (Wildman–Crippen MR) is 108 cm³/mol. The number of H-pyrrole nitrogens is 1. The first-order chi connectivity index (χ1) is 14.2. The minimum atomic E-state index is 0.131. The molecule has 2 saturated carbocycles. The summed E-state index contributed by atoms with van der Waals surface area (Å²) in [5, 5.41) is 18.8. The first kappa shape index (κ1) is 18.1. The number of carbonyl (C=O) groups excluding carboxylic acids is 1. The number of para-hydroxylation sites is 1. The third kappa shape index (κ3) is 4.26. The molecule has 3 aromatic rings. The standard InChI is InChI=1S/C14H20N4O2.C7H6N2/c19-11(18-7-5-14(3-4-14)6-8-18)9-15-13-17-16-12(20-13)10-1-2-10;1-2-4-7-6(3-1)5-8-9-7/h10H,1-9H2,(H,15,17);1-5H,(H,8,9). The highest BCUT2D eigenvalue weighted by atomic mass is 16.4. The van der Waals surface area contributed by atoms with Crippen molar-refractivity contribution in [1.29, 1.82) is 0 Å². The first-order valence-corrected chi connectivity index (χ1v) is 10.4. The second-order valence-electron chi connectivity index (χ2n) is 8.41. The summed E-state index contributed by atoms with van der Waals surface area (Å²) in [7, 11) is 0. The molecule has 29 heavy (non-hydrogen) atoms. The van der Waals surface area contributed by atoms with Crippen LogP contribution >= 0.6 is 0 Å². The Balaban J connectivity index is 0.000000168. The summed E-state index contributed by atoms with van der Waals surface area (Å²) in [4.78, 5) is 14.1. The summed E-state index contributed by atoms with van der Waals surface area (Å²) in [6.45, 7) is 2.05. The van der Waals surface area contributed by atoms with Crippen LogP contribution in [-0.4, -0.2) is 50.8 Å². The van der Waals surface area contributed by atoms with Crippen molar-refractivity contribution in [1.82, 2.24) is 25.3 Å². The molecule has 8 nitrogen and oxygen atoms in total. The molecule has 2 aromatic heterocycles. The highest BCUT2D eigenvalue weighted by molar-refractivity contribution is 5.80. The number of rotatable bonds is 4. The van der Waals surface area contributed by atoms with Gasteiger partial charge in [-0.25, -0.2) is 0 Å². The number of hydrogen-bond donors (Lipinski definition) is 2. The second kappa shape index (κ2) is 7.50. The lowest BCUT2D eigenvalue weighted by Gasteiger charge is -2.32. The van der Waals surface area contributed by atoms with Gasteiger partial charge in [0.1, 0.15) is 0 Å². The van der Waals surface area contributed by atoms with E-state index < -0.39 is 0 Å². The Hall–Kier alpha value is -2.90. The zero-order valence-corrected chi connectivity index (χ0v) is 16.4. The largest absolute Gasteiger partial charge is 0.408 e. The van der Waals surface area contributed by atoms with Gasteiger partial charge < -0.3 is 14.6 Å². The van der Waals surface area contributed by atoms with E-state index in [1.165, 1.54) is 25.7 Å². The van der Waals surface area contributed by atoms with Gasteiger partial charge in [0, 0.05) is 24.4 Å². The van der Waals surface area contributed by atoms with Crippen molar-refractivity contribution < 1.29 is 9.21 Å². The number of likely N-dealkylation sites (tertiary alicyclic amines) is 1. The van der Waals surface area contributed by atoms with E-state index in [1.807, 2.05) is 35.4 Å². The average Bonchev–Trinajstić information content (AvgIpc) is 3.64. The van der Waals surface area contributed by atoms with Gasteiger partial charge in [0.15, 0.2) is 0 Å². The van der Waals surface area contributed by atoms with Crippen LogP contribution < -0.4 is 5.32 Å². The van der Waals surface area contributed by atoms with E-state index in [2.05, 4.69) is 25.7 Å². The number of aromatic nitrogens is 4. The number of benzene rings is 1. The van der Waals surface area contributed by atoms with Crippen LogP contribution in [0.1, 0.15) is 50.3 Å². The Kier molecular flexibility index (Phi) is 4.69. The lowest BCUT2D eigenvalue weighted by Crippen LogP contribution is -2.41. The molecule has 2 aliphatic carbocycles. The molecule has 0 bridgehead atoms. The second-order valence-corrected chi connectivity index (χ2v) is 8.41. The van der Waals surface area contributed by atoms with Gasteiger partial charge in [0.05, 0.1) is 18.3 Å². The van der Waals surface area contributed by atoms with Crippen molar-refractivity contribution in [2.75, 3.05) is 25.0 Å². The van der Waals surface area contributed by atoms with E-state index in [4.69, 9.17) is 4.42 Å². The Morgan fingerprint density at radius 2 is 1.97 bits per heavy atom. The lowest BCUT2D eigenvalue weighted by molar-refractivity contribution is -0.130. The van der Waals surface area contributed by atoms with Crippen molar-refractivity contribution in [2.45, 2.75) is 44.4 Å². The normalized spacial score (nSPS) is 19.7. The monoisotopic (exact) mass is 394 g/mol. The van der Waals surface area contributed by atoms with E-state index >= 15 is 0 Å². The van der Waals surface area contributed by atoms with Gasteiger partial charge in [-0.3, -0.25) is 9.89 Å².